The molecule has 2 aliphatic rings. The minimum Gasteiger partial charge on any atom is -0.459 e. The van der Waals surface area contributed by atoms with Gasteiger partial charge in [0.05, 0.1) is 53.7 Å². The first-order valence-electron chi connectivity index (χ1n) is 10.9. The summed E-state index contributed by atoms with van der Waals surface area (Å²) in [5.74, 6) is -0.631. The second-order valence-corrected chi connectivity index (χ2v) is 7.87. The summed E-state index contributed by atoms with van der Waals surface area (Å²) in [7, 11) is -1.86. The molecule has 2 aliphatic heterocycles. The van der Waals surface area contributed by atoms with Crippen LogP contribution in [0.2, 0.25) is 0 Å². The maximum Gasteiger partial charge on any atom is 0.333 e. The van der Waals surface area contributed by atoms with Gasteiger partial charge in [0.25, 0.3) is 0 Å². The van der Waals surface area contributed by atoms with Crippen LogP contribution in [0.15, 0.2) is 0 Å². The lowest BCUT2D eigenvalue weighted by Crippen LogP contribution is -2.31. The summed E-state index contributed by atoms with van der Waals surface area (Å²) in [5.41, 5.74) is 0. The molecule has 7 atom stereocenters. The van der Waals surface area contributed by atoms with E-state index in [4.69, 9.17) is 35.8 Å². The van der Waals surface area contributed by atoms with Crippen molar-refractivity contribution in [3.05, 3.63) is 0 Å². The molecule has 29 heavy (non-hydrogen) atoms. The Balaban J connectivity index is 1.90. The molecule has 0 aromatic heterocycles. The average molecular weight is 435 g/mol. The van der Waals surface area contributed by atoms with E-state index in [2.05, 4.69) is 0 Å². The number of hydrogen-bond donors (Lipinski definition) is 0. The zero-order valence-corrected chi connectivity index (χ0v) is 17.7. The lowest BCUT2D eigenvalue weighted by Gasteiger charge is -2.25. The van der Waals surface area contributed by atoms with Crippen LogP contribution >= 0.6 is 8.60 Å². The molecule has 1 unspecified atom stereocenters. The third-order valence-corrected chi connectivity index (χ3v) is 5.57. The molecule has 0 amide bonds. The van der Waals surface area contributed by atoms with E-state index >= 15 is 0 Å². The molecule has 2 fully saturated rings. The van der Waals surface area contributed by atoms with Crippen molar-refractivity contribution in [3.63, 3.8) is 0 Å². The Morgan fingerprint density at radius 1 is 1.17 bits per heavy atom. The van der Waals surface area contributed by atoms with Gasteiger partial charge in [0.1, 0.15) is 18.0 Å². The van der Waals surface area contributed by atoms with Gasteiger partial charge >= 0.3 is 14.6 Å². The first-order valence-corrected chi connectivity index (χ1v) is 10.9. The lowest BCUT2D eigenvalue weighted by atomic mass is 10.1. The van der Waals surface area contributed by atoms with E-state index in [0.29, 0.717) is 12.8 Å². The molecule has 0 aromatic carbocycles. The predicted octanol–water partition coefficient (Wildman–Crippen LogP) is 2.81. The average Bonchev–Trinajstić information content (AvgIpc) is 3.25. The van der Waals surface area contributed by atoms with Gasteiger partial charge in [-0.1, -0.05) is 6.92 Å². The SMILES string of the molecule is [3H][C@H]1C[C@@H](OC(=O)CCC(C)=O)[C@@H](COP(OCCC#N)O[C@@H]2C[C@H]([3H])O[C@@H]2CC)O1. The van der Waals surface area contributed by atoms with E-state index in [1.165, 1.54) is 6.92 Å². The summed E-state index contributed by atoms with van der Waals surface area (Å²) in [6.45, 7) is 1.89. The number of rotatable bonds is 13. The Bertz CT molecular complexity index is 637. The molecular formula is C19H30NO8P. The fourth-order valence-electron chi connectivity index (χ4n) is 2.78. The molecule has 0 N–H and O–H groups in total. The van der Waals surface area contributed by atoms with E-state index in [1.54, 1.807) is 0 Å². The monoisotopic (exact) mass is 435 g/mol. The molecule has 2 heterocycles. The number of esters is 1. The van der Waals surface area contributed by atoms with Gasteiger partial charge in [0, 0.05) is 25.8 Å². The van der Waals surface area contributed by atoms with Crippen molar-refractivity contribution in [1.82, 2.24) is 0 Å². The highest BCUT2D eigenvalue weighted by atomic mass is 31.2. The Morgan fingerprint density at radius 2 is 1.90 bits per heavy atom. The smallest absolute Gasteiger partial charge is 0.333 e. The maximum absolute atomic E-state index is 12.0. The highest BCUT2D eigenvalue weighted by Crippen LogP contribution is 2.44. The Morgan fingerprint density at radius 3 is 2.59 bits per heavy atom. The number of nitrogens with zero attached hydrogens (tertiary/aromatic N) is 1. The standard InChI is InChI=1S/C19H30NO8P/c1-3-15-17(8-12-23-15)28-29(25-10-4-9-20)26-13-18-16(7-11-24-18)27-19(22)6-5-14(2)21/h15-18H,3-8,10-13H2,1-2H3/t15-,16-,17-,18-,29?/m1/s1/i11T,12T/t11-,12-,15+,16+,17+,18+,29?/m0. The summed E-state index contributed by atoms with van der Waals surface area (Å²) < 4.78 is 49.2. The highest BCUT2D eigenvalue weighted by molar-refractivity contribution is 7.41. The summed E-state index contributed by atoms with van der Waals surface area (Å²) in [6.07, 6.45) is -0.471. The van der Waals surface area contributed by atoms with Crippen LogP contribution < -0.4 is 0 Å². The van der Waals surface area contributed by atoms with E-state index in [1.807, 2.05) is 13.0 Å². The van der Waals surface area contributed by atoms with Crippen molar-refractivity contribution in [2.75, 3.05) is 26.4 Å². The maximum atomic E-state index is 12.0. The topological polar surface area (TPSA) is 113 Å². The molecule has 0 aliphatic carbocycles. The summed E-state index contributed by atoms with van der Waals surface area (Å²) in [5, 5.41) is 8.75. The number of hydrogen-bond acceptors (Lipinski definition) is 9. The van der Waals surface area contributed by atoms with Crippen molar-refractivity contribution in [2.24, 2.45) is 0 Å². The fraction of sp³-hybridized carbons (Fsp3) is 0.842. The van der Waals surface area contributed by atoms with Crippen molar-refractivity contribution in [1.29, 1.82) is 5.26 Å². The van der Waals surface area contributed by atoms with Crippen LogP contribution in [0.5, 0.6) is 0 Å². The summed E-state index contributed by atoms with van der Waals surface area (Å²) in [4.78, 5) is 23.0. The molecule has 10 heteroatoms. The van der Waals surface area contributed by atoms with Crippen LogP contribution in [0.25, 0.3) is 0 Å². The van der Waals surface area contributed by atoms with E-state index < -0.39 is 39.9 Å². The van der Waals surface area contributed by atoms with Crippen LogP contribution in [0, 0.1) is 11.3 Å². The number of carbonyl (C=O) groups is 2. The molecule has 0 radical (unpaired) electrons. The van der Waals surface area contributed by atoms with Gasteiger partial charge in [-0.05, 0) is 13.3 Å². The third kappa shape index (κ3) is 8.63. The molecule has 0 aromatic rings. The Hall–Kier alpha value is -1.14. The number of ether oxygens (including phenoxy) is 3. The largest absolute Gasteiger partial charge is 0.459 e. The minimum absolute atomic E-state index is 0.0243. The van der Waals surface area contributed by atoms with Gasteiger partial charge in [0.15, 0.2) is 0 Å². The number of Topliss-reactive ketones (excluding diaryl/α,β-unsaturated/α-hetero) is 1. The zero-order valence-electron chi connectivity index (χ0n) is 18.8. The van der Waals surface area contributed by atoms with Crippen LogP contribution in [-0.2, 0) is 37.4 Å². The van der Waals surface area contributed by atoms with Gasteiger partial charge in [-0.15, -0.1) is 0 Å². The minimum atomic E-state index is -1.86. The molecule has 2 saturated heterocycles. The molecule has 0 spiro atoms. The van der Waals surface area contributed by atoms with Crippen LogP contribution in [0.4, 0.5) is 0 Å². The van der Waals surface area contributed by atoms with Crippen LogP contribution in [0.3, 0.4) is 0 Å². The van der Waals surface area contributed by atoms with Gasteiger partial charge in [-0.2, -0.15) is 5.26 Å². The molecule has 164 valence electrons. The quantitative estimate of drug-likeness (QED) is 0.245. The van der Waals surface area contributed by atoms with Gasteiger partial charge in [-0.25, -0.2) is 0 Å². The predicted molar refractivity (Wildman–Crippen MR) is 103 cm³/mol. The molecule has 9 nitrogen and oxygen atoms in total. The normalized spacial score (nSPS) is 33.6. The first kappa shape index (κ1) is 21.1. The second-order valence-electron chi connectivity index (χ2n) is 6.70. The van der Waals surface area contributed by atoms with Crippen LogP contribution in [-0.4, -0.2) is 62.5 Å². The fourth-order valence-corrected chi connectivity index (χ4v) is 3.93. The number of carbonyl (C=O) groups excluding carboxylic acids is 2. The Labute approximate surface area is 175 Å². The zero-order chi connectivity index (χ0) is 22.8. The second kappa shape index (κ2) is 13.2. The highest BCUT2D eigenvalue weighted by Gasteiger charge is 2.35. The Kier molecular flexibility index (Phi) is 9.62. The van der Waals surface area contributed by atoms with Crippen LogP contribution in [0.1, 0.15) is 55.1 Å². The number of nitriles is 1. The van der Waals surface area contributed by atoms with E-state index in [9.17, 15) is 9.59 Å². The number of ketones is 1. The first-order chi connectivity index (χ1) is 14.8. The van der Waals surface area contributed by atoms with Crippen molar-refractivity contribution in [2.45, 2.75) is 76.8 Å². The van der Waals surface area contributed by atoms with Crippen molar-refractivity contribution >= 4 is 20.4 Å². The molecule has 2 rings (SSSR count). The molecule has 0 saturated carbocycles. The van der Waals surface area contributed by atoms with E-state index in [-0.39, 0.29) is 56.9 Å². The molecular weight excluding hydrogens is 401 g/mol. The summed E-state index contributed by atoms with van der Waals surface area (Å²) in [6, 6.07) is 1.98. The third-order valence-electron chi connectivity index (χ3n) is 4.37. The van der Waals surface area contributed by atoms with Gasteiger partial charge in [-0.3, -0.25) is 4.79 Å². The lowest BCUT2D eigenvalue weighted by molar-refractivity contribution is -0.153. The van der Waals surface area contributed by atoms with Gasteiger partial charge < -0.3 is 32.6 Å². The van der Waals surface area contributed by atoms with Crippen molar-refractivity contribution in [3.8, 4) is 6.07 Å². The van der Waals surface area contributed by atoms with Crippen molar-refractivity contribution < 1.29 is 40.1 Å². The van der Waals surface area contributed by atoms with Gasteiger partial charge in [0.2, 0.25) is 0 Å². The summed E-state index contributed by atoms with van der Waals surface area (Å²) >= 11 is 0. The van der Waals surface area contributed by atoms with E-state index in [0.717, 1.165) is 0 Å². The molecule has 0 bridgehead atoms.